The minimum absolute atomic E-state index is 0.0517. The highest BCUT2D eigenvalue weighted by molar-refractivity contribution is 7.71. The first-order chi connectivity index (χ1) is 8.08. The monoisotopic (exact) mass is 250 g/mol. The van der Waals surface area contributed by atoms with Gasteiger partial charge in [-0.25, -0.2) is 14.2 Å². The Labute approximate surface area is 101 Å². The number of H-pyrrole nitrogens is 1. The summed E-state index contributed by atoms with van der Waals surface area (Å²) in [6, 6.07) is 5.59. The van der Waals surface area contributed by atoms with E-state index in [0.717, 1.165) is 6.20 Å². The van der Waals surface area contributed by atoms with E-state index in [1.54, 1.807) is 6.07 Å². The number of nitrogens with zero attached hydrogens (tertiary/aromatic N) is 1. The van der Waals surface area contributed by atoms with Crippen molar-refractivity contribution in [1.29, 1.82) is 0 Å². The van der Waals surface area contributed by atoms with Crippen molar-refractivity contribution in [2.45, 2.75) is 0 Å². The summed E-state index contributed by atoms with van der Waals surface area (Å²) in [5.41, 5.74) is 0.608. The summed E-state index contributed by atoms with van der Waals surface area (Å²) in [7, 11) is 0. The molecule has 0 aliphatic heterocycles. The van der Waals surface area contributed by atoms with E-state index in [0.29, 0.717) is 5.56 Å². The largest absolute Gasteiger partial charge is 0.478 e. The third kappa shape index (κ3) is 2.36. The second kappa shape index (κ2) is 4.42. The summed E-state index contributed by atoms with van der Waals surface area (Å²) in [6.07, 6.45) is 1.15. The van der Waals surface area contributed by atoms with E-state index in [9.17, 15) is 9.18 Å². The number of hydrogen-bond acceptors (Lipinski definition) is 3. The first-order valence-corrected chi connectivity index (χ1v) is 5.07. The van der Waals surface area contributed by atoms with Gasteiger partial charge in [0.05, 0.1) is 5.69 Å². The summed E-state index contributed by atoms with van der Waals surface area (Å²) in [4.78, 5) is 17.4. The molecule has 2 rings (SSSR count). The molecule has 0 aliphatic rings. The molecule has 1 heterocycles. The molecule has 0 saturated heterocycles. The SMILES string of the molecule is O=C(O)c1cnc(=S)[nH]c1-c1cccc(F)c1. The predicted octanol–water partition coefficient (Wildman–Crippen LogP) is 2.64. The van der Waals surface area contributed by atoms with Crippen LogP contribution in [0.5, 0.6) is 0 Å². The van der Waals surface area contributed by atoms with Crippen LogP contribution >= 0.6 is 12.2 Å². The lowest BCUT2D eigenvalue weighted by atomic mass is 10.1. The quantitative estimate of drug-likeness (QED) is 0.804. The van der Waals surface area contributed by atoms with Crippen LogP contribution in [0, 0.1) is 10.6 Å². The minimum atomic E-state index is -1.15. The smallest absolute Gasteiger partial charge is 0.339 e. The predicted molar refractivity (Wildman–Crippen MR) is 61.8 cm³/mol. The third-order valence-electron chi connectivity index (χ3n) is 2.16. The van der Waals surface area contributed by atoms with Crippen molar-refractivity contribution in [3.8, 4) is 11.3 Å². The van der Waals surface area contributed by atoms with Gasteiger partial charge in [-0.15, -0.1) is 0 Å². The lowest BCUT2D eigenvalue weighted by molar-refractivity contribution is 0.0697. The Morgan fingerprint density at radius 3 is 2.88 bits per heavy atom. The molecule has 17 heavy (non-hydrogen) atoms. The number of benzene rings is 1. The highest BCUT2D eigenvalue weighted by Gasteiger charge is 2.13. The Hall–Kier alpha value is -2.08. The minimum Gasteiger partial charge on any atom is -0.478 e. The molecule has 0 atom stereocenters. The molecule has 1 aromatic carbocycles. The van der Waals surface area contributed by atoms with Crippen LogP contribution in [0.1, 0.15) is 10.4 Å². The second-order valence-electron chi connectivity index (χ2n) is 3.29. The Bertz CT molecular complexity index is 639. The maximum absolute atomic E-state index is 13.1. The molecular weight excluding hydrogens is 243 g/mol. The maximum atomic E-state index is 13.1. The molecule has 2 aromatic rings. The van der Waals surface area contributed by atoms with Gasteiger partial charge in [-0.3, -0.25) is 0 Å². The van der Waals surface area contributed by atoms with Crippen molar-refractivity contribution in [2.24, 2.45) is 0 Å². The fraction of sp³-hybridized carbons (Fsp3) is 0. The number of halogens is 1. The number of nitrogens with one attached hydrogen (secondary N) is 1. The molecule has 0 fully saturated rings. The molecule has 0 spiro atoms. The number of aromatic amines is 1. The van der Waals surface area contributed by atoms with Crippen molar-refractivity contribution in [3.63, 3.8) is 0 Å². The number of rotatable bonds is 2. The summed E-state index contributed by atoms with van der Waals surface area (Å²) in [6.45, 7) is 0. The third-order valence-corrected chi connectivity index (χ3v) is 2.36. The lowest BCUT2D eigenvalue weighted by Gasteiger charge is -2.05. The molecule has 2 N–H and O–H groups in total. The number of carboxylic acid groups (broad SMARTS) is 1. The van der Waals surface area contributed by atoms with Crippen LogP contribution in [-0.2, 0) is 0 Å². The van der Waals surface area contributed by atoms with Gasteiger partial charge in [0, 0.05) is 11.8 Å². The molecule has 86 valence electrons. The van der Waals surface area contributed by atoms with Crippen LogP contribution in [0.2, 0.25) is 0 Å². The Kier molecular flexibility index (Phi) is 2.97. The van der Waals surface area contributed by atoms with Crippen LogP contribution in [0.25, 0.3) is 11.3 Å². The summed E-state index contributed by atoms with van der Waals surface area (Å²) >= 11 is 4.83. The van der Waals surface area contributed by atoms with E-state index in [1.165, 1.54) is 18.2 Å². The first-order valence-electron chi connectivity index (χ1n) is 4.66. The molecule has 6 heteroatoms. The van der Waals surface area contributed by atoms with E-state index in [2.05, 4.69) is 9.97 Å². The van der Waals surface area contributed by atoms with E-state index >= 15 is 0 Å². The van der Waals surface area contributed by atoms with E-state index in [1.807, 2.05) is 0 Å². The van der Waals surface area contributed by atoms with Crippen molar-refractivity contribution >= 4 is 18.2 Å². The van der Waals surface area contributed by atoms with Gasteiger partial charge in [0.1, 0.15) is 11.4 Å². The zero-order chi connectivity index (χ0) is 12.4. The normalized spacial score (nSPS) is 10.2. The van der Waals surface area contributed by atoms with E-state index < -0.39 is 11.8 Å². The first kappa shape index (κ1) is 11.4. The standard InChI is InChI=1S/C11H7FN2O2S/c12-7-3-1-2-6(4-7)9-8(10(15)16)5-13-11(17)14-9/h1-5H,(H,15,16)(H,13,14,17). The average molecular weight is 250 g/mol. The zero-order valence-corrected chi connectivity index (χ0v) is 9.29. The molecule has 0 saturated carbocycles. The molecule has 1 aromatic heterocycles. The van der Waals surface area contributed by atoms with Crippen LogP contribution in [0.15, 0.2) is 30.5 Å². The lowest BCUT2D eigenvalue weighted by Crippen LogP contribution is -2.03. The van der Waals surface area contributed by atoms with E-state index in [4.69, 9.17) is 17.3 Å². The number of carboxylic acids is 1. The molecule has 0 bridgehead atoms. The second-order valence-corrected chi connectivity index (χ2v) is 3.68. The van der Waals surface area contributed by atoms with Gasteiger partial charge in [0.2, 0.25) is 0 Å². The number of aromatic carboxylic acids is 1. The molecule has 4 nitrogen and oxygen atoms in total. The Morgan fingerprint density at radius 1 is 1.47 bits per heavy atom. The van der Waals surface area contributed by atoms with Gasteiger partial charge in [0.25, 0.3) is 0 Å². The number of hydrogen-bond donors (Lipinski definition) is 2. The van der Waals surface area contributed by atoms with Crippen molar-refractivity contribution < 1.29 is 14.3 Å². The van der Waals surface area contributed by atoms with Crippen molar-refractivity contribution in [3.05, 3.63) is 46.6 Å². The van der Waals surface area contributed by atoms with E-state index in [-0.39, 0.29) is 16.0 Å². The van der Waals surface area contributed by atoms with Gasteiger partial charge in [0.15, 0.2) is 4.77 Å². The number of aromatic nitrogens is 2. The van der Waals surface area contributed by atoms with Crippen molar-refractivity contribution in [1.82, 2.24) is 9.97 Å². The van der Waals surface area contributed by atoms with Crippen LogP contribution in [0.4, 0.5) is 4.39 Å². The zero-order valence-electron chi connectivity index (χ0n) is 8.48. The fourth-order valence-corrected chi connectivity index (χ4v) is 1.58. The fourth-order valence-electron chi connectivity index (χ4n) is 1.43. The summed E-state index contributed by atoms with van der Waals surface area (Å²) in [5.74, 6) is -1.60. The van der Waals surface area contributed by atoms with Gasteiger partial charge >= 0.3 is 5.97 Å². The van der Waals surface area contributed by atoms with Gasteiger partial charge in [-0.1, -0.05) is 12.1 Å². The topological polar surface area (TPSA) is 66.0 Å². The number of carbonyl (C=O) groups is 1. The average Bonchev–Trinajstić information content (AvgIpc) is 2.28. The molecule has 0 unspecified atom stereocenters. The molecule has 0 radical (unpaired) electrons. The van der Waals surface area contributed by atoms with Crippen molar-refractivity contribution in [2.75, 3.05) is 0 Å². The van der Waals surface area contributed by atoms with Gasteiger partial charge < -0.3 is 10.1 Å². The Balaban J connectivity index is 2.69. The highest BCUT2D eigenvalue weighted by atomic mass is 32.1. The summed E-state index contributed by atoms with van der Waals surface area (Å²) in [5, 5.41) is 9.00. The molecule has 0 aliphatic carbocycles. The van der Waals surface area contributed by atoms with Crippen LogP contribution < -0.4 is 0 Å². The van der Waals surface area contributed by atoms with Gasteiger partial charge in [-0.05, 0) is 24.4 Å². The Morgan fingerprint density at radius 2 is 2.24 bits per heavy atom. The maximum Gasteiger partial charge on any atom is 0.339 e. The van der Waals surface area contributed by atoms with Gasteiger partial charge in [-0.2, -0.15) is 0 Å². The molecule has 0 amide bonds. The van der Waals surface area contributed by atoms with Crippen LogP contribution in [-0.4, -0.2) is 21.0 Å². The molecular formula is C11H7FN2O2S. The summed E-state index contributed by atoms with van der Waals surface area (Å²) < 4.78 is 13.2. The highest BCUT2D eigenvalue weighted by Crippen LogP contribution is 2.21. The van der Waals surface area contributed by atoms with Crippen LogP contribution in [0.3, 0.4) is 0 Å².